The molecule has 2 N–H and O–H groups in total. The number of carbonyl (C=O) groups excluding carboxylic acids is 1. The summed E-state index contributed by atoms with van der Waals surface area (Å²) in [7, 11) is 0. The molecule has 1 saturated heterocycles. The van der Waals surface area contributed by atoms with Crippen molar-refractivity contribution in [3.05, 3.63) is 0 Å². The van der Waals surface area contributed by atoms with E-state index in [9.17, 15) is 4.79 Å². The number of piperazine rings is 1. The molecule has 0 bridgehead atoms. The van der Waals surface area contributed by atoms with Gasteiger partial charge in [-0.2, -0.15) is 0 Å². The summed E-state index contributed by atoms with van der Waals surface area (Å²) in [5, 5.41) is 6.76. The zero-order valence-corrected chi connectivity index (χ0v) is 13.9. The average molecular weight is 283 g/mol. The Hall–Kier alpha value is -0.610. The first-order valence-corrected chi connectivity index (χ1v) is 8.15. The minimum atomic E-state index is -0.0504. The van der Waals surface area contributed by atoms with Crippen molar-refractivity contribution in [2.24, 2.45) is 11.8 Å². The molecular weight excluding hydrogens is 250 g/mol. The summed E-state index contributed by atoms with van der Waals surface area (Å²) in [5.41, 5.74) is 0. The Bertz CT molecular complexity index is 271. The summed E-state index contributed by atoms with van der Waals surface area (Å²) < 4.78 is 0. The van der Waals surface area contributed by atoms with Crippen molar-refractivity contribution in [3.8, 4) is 0 Å². The van der Waals surface area contributed by atoms with Gasteiger partial charge in [-0.15, -0.1) is 0 Å². The molecule has 4 heteroatoms. The fraction of sp³-hybridized carbons (Fsp3) is 0.938. The zero-order chi connectivity index (χ0) is 15.1. The van der Waals surface area contributed by atoms with Crippen LogP contribution in [-0.4, -0.2) is 49.1 Å². The average Bonchev–Trinajstić information content (AvgIpc) is 2.38. The molecule has 0 spiro atoms. The smallest absolute Gasteiger partial charge is 0.241 e. The Morgan fingerprint density at radius 2 is 1.60 bits per heavy atom. The third kappa shape index (κ3) is 6.23. The molecule has 2 unspecified atom stereocenters. The minimum absolute atomic E-state index is 0.0504. The van der Waals surface area contributed by atoms with Gasteiger partial charge < -0.3 is 15.5 Å². The number of amides is 1. The maximum absolute atomic E-state index is 12.7. The van der Waals surface area contributed by atoms with Crippen LogP contribution in [0.25, 0.3) is 0 Å². The number of carbonyl (C=O) groups is 1. The van der Waals surface area contributed by atoms with Crippen LogP contribution in [0.15, 0.2) is 0 Å². The number of hydrogen-bond acceptors (Lipinski definition) is 3. The van der Waals surface area contributed by atoms with Crippen molar-refractivity contribution in [2.45, 2.75) is 59.5 Å². The largest absolute Gasteiger partial charge is 0.341 e. The number of nitrogens with zero attached hydrogens (tertiary/aromatic N) is 1. The van der Waals surface area contributed by atoms with Crippen LogP contribution in [-0.2, 0) is 4.79 Å². The molecule has 118 valence electrons. The van der Waals surface area contributed by atoms with Crippen LogP contribution in [0.3, 0.4) is 0 Å². The Morgan fingerprint density at radius 3 is 2.00 bits per heavy atom. The van der Waals surface area contributed by atoms with Gasteiger partial charge in [0.25, 0.3) is 0 Å². The van der Waals surface area contributed by atoms with Gasteiger partial charge in [0.05, 0.1) is 6.04 Å². The third-order valence-corrected chi connectivity index (χ3v) is 3.90. The van der Waals surface area contributed by atoms with Crippen LogP contribution < -0.4 is 10.6 Å². The lowest BCUT2D eigenvalue weighted by Crippen LogP contribution is -2.59. The van der Waals surface area contributed by atoms with Crippen molar-refractivity contribution >= 4 is 5.91 Å². The van der Waals surface area contributed by atoms with E-state index in [1.165, 1.54) is 0 Å². The lowest BCUT2D eigenvalue weighted by atomic mass is 10.1. The third-order valence-electron chi connectivity index (χ3n) is 3.90. The van der Waals surface area contributed by atoms with E-state index < -0.39 is 0 Å². The molecule has 20 heavy (non-hydrogen) atoms. The second-order valence-electron chi connectivity index (χ2n) is 6.96. The second-order valence-corrected chi connectivity index (χ2v) is 6.96. The van der Waals surface area contributed by atoms with Gasteiger partial charge in [0.1, 0.15) is 0 Å². The first-order valence-electron chi connectivity index (χ1n) is 8.15. The molecule has 1 fully saturated rings. The summed E-state index contributed by atoms with van der Waals surface area (Å²) in [6, 6.07) is 0.407. The van der Waals surface area contributed by atoms with E-state index in [4.69, 9.17) is 0 Å². The lowest BCUT2D eigenvalue weighted by molar-refractivity contribution is -0.134. The van der Waals surface area contributed by atoms with E-state index in [0.29, 0.717) is 17.9 Å². The monoisotopic (exact) mass is 283 g/mol. The predicted molar refractivity (Wildman–Crippen MR) is 84.7 cm³/mol. The fourth-order valence-electron chi connectivity index (χ4n) is 2.34. The molecule has 0 saturated carbocycles. The molecule has 1 aliphatic rings. The Morgan fingerprint density at radius 1 is 1.05 bits per heavy atom. The molecule has 0 aromatic carbocycles. The molecule has 0 aliphatic carbocycles. The standard InChI is InChI=1S/C16H33N3O/c1-12(2)6-8-19(9-7-13(3)4)16(20)15-11-17-14(5)10-18-15/h12-15,17-18H,6-11H2,1-5H3. The van der Waals surface area contributed by atoms with E-state index in [1.807, 2.05) is 0 Å². The van der Waals surface area contributed by atoms with Crippen LogP contribution in [0.4, 0.5) is 0 Å². The topological polar surface area (TPSA) is 44.4 Å². The quantitative estimate of drug-likeness (QED) is 0.749. The Labute approximate surface area is 124 Å². The van der Waals surface area contributed by atoms with E-state index in [-0.39, 0.29) is 11.9 Å². The first-order chi connectivity index (χ1) is 9.40. The number of hydrogen-bond donors (Lipinski definition) is 2. The molecule has 0 aromatic rings. The molecule has 0 aromatic heterocycles. The minimum Gasteiger partial charge on any atom is -0.341 e. The van der Waals surface area contributed by atoms with E-state index in [2.05, 4.69) is 50.2 Å². The predicted octanol–water partition coefficient (Wildman–Crippen LogP) is 1.86. The van der Waals surface area contributed by atoms with E-state index in [1.54, 1.807) is 0 Å². The van der Waals surface area contributed by atoms with Gasteiger partial charge in [-0.25, -0.2) is 0 Å². The SMILES string of the molecule is CC(C)CCN(CCC(C)C)C(=O)C1CNC(C)CN1. The van der Waals surface area contributed by atoms with E-state index >= 15 is 0 Å². The van der Waals surface area contributed by atoms with Crippen LogP contribution in [0.5, 0.6) is 0 Å². The number of rotatable bonds is 7. The lowest BCUT2D eigenvalue weighted by Gasteiger charge is -2.33. The molecule has 2 atom stereocenters. The molecule has 1 heterocycles. The highest BCUT2D eigenvalue weighted by Gasteiger charge is 2.27. The molecule has 4 nitrogen and oxygen atoms in total. The van der Waals surface area contributed by atoms with Gasteiger partial charge in [0.15, 0.2) is 0 Å². The summed E-state index contributed by atoms with van der Waals surface area (Å²) in [4.78, 5) is 14.7. The maximum atomic E-state index is 12.7. The Balaban J connectivity index is 2.53. The highest BCUT2D eigenvalue weighted by molar-refractivity contribution is 5.82. The molecular formula is C16H33N3O. The van der Waals surface area contributed by atoms with Gasteiger partial charge in [0, 0.05) is 32.2 Å². The van der Waals surface area contributed by atoms with Crippen molar-refractivity contribution in [2.75, 3.05) is 26.2 Å². The van der Waals surface area contributed by atoms with Gasteiger partial charge in [-0.1, -0.05) is 27.7 Å². The fourth-order valence-corrected chi connectivity index (χ4v) is 2.34. The van der Waals surface area contributed by atoms with Gasteiger partial charge in [-0.05, 0) is 31.6 Å². The van der Waals surface area contributed by atoms with Crippen molar-refractivity contribution in [3.63, 3.8) is 0 Å². The summed E-state index contributed by atoms with van der Waals surface area (Å²) in [6.45, 7) is 14.4. The van der Waals surface area contributed by atoms with Crippen LogP contribution in [0.1, 0.15) is 47.5 Å². The molecule has 1 amide bonds. The van der Waals surface area contributed by atoms with Crippen LogP contribution in [0.2, 0.25) is 0 Å². The molecule has 0 radical (unpaired) electrons. The normalized spacial score (nSPS) is 23.4. The second kappa shape index (κ2) is 8.63. The van der Waals surface area contributed by atoms with Crippen LogP contribution in [0, 0.1) is 11.8 Å². The summed E-state index contributed by atoms with van der Waals surface area (Å²) >= 11 is 0. The summed E-state index contributed by atoms with van der Waals surface area (Å²) in [6.07, 6.45) is 2.17. The van der Waals surface area contributed by atoms with Crippen LogP contribution >= 0.6 is 0 Å². The van der Waals surface area contributed by atoms with Crippen molar-refractivity contribution in [1.82, 2.24) is 15.5 Å². The zero-order valence-electron chi connectivity index (χ0n) is 13.9. The van der Waals surface area contributed by atoms with Gasteiger partial charge >= 0.3 is 0 Å². The summed E-state index contributed by atoms with van der Waals surface area (Å²) in [5.74, 6) is 1.55. The number of nitrogens with one attached hydrogen (secondary N) is 2. The maximum Gasteiger partial charge on any atom is 0.241 e. The first kappa shape index (κ1) is 17.4. The highest BCUT2D eigenvalue weighted by atomic mass is 16.2. The van der Waals surface area contributed by atoms with Gasteiger partial charge in [-0.3, -0.25) is 4.79 Å². The van der Waals surface area contributed by atoms with E-state index in [0.717, 1.165) is 39.0 Å². The molecule has 1 aliphatic heterocycles. The Kier molecular flexibility index (Phi) is 7.52. The molecule has 1 rings (SSSR count). The van der Waals surface area contributed by atoms with Crippen molar-refractivity contribution in [1.29, 1.82) is 0 Å². The van der Waals surface area contributed by atoms with Crippen molar-refractivity contribution < 1.29 is 4.79 Å². The highest BCUT2D eigenvalue weighted by Crippen LogP contribution is 2.09. The van der Waals surface area contributed by atoms with Gasteiger partial charge in [0.2, 0.25) is 5.91 Å².